The maximum Gasteiger partial charge on any atom is 0.236 e. The maximum atomic E-state index is 12.1. The summed E-state index contributed by atoms with van der Waals surface area (Å²) in [7, 11) is -3.49. The van der Waals surface area contributed by atoms with E-state index in [-0.39, 0.29) is 10.7 Å². The van der Waals surface area contributed by atoms with Gasteiger partial charge in [-0.1, -0.05) is 48.1 Å². The summed E-state index contributed by atoms with van der Waals surface area (Å²) in [6.07, 6.45) is 0. The van der Waals surface area contributed by atoms with E-state index in [1.807, 2.05) is 0 Å². The number of rotatable bonds is 5. The van der Waals surface area contributed by atoms with E-state index in [2.05, 4.69) is 4.72 Å². The van der Waals surface area contributed by atoms with Gasteiger partial charge in [-0.3, -0.25) is 4.72 Å². The topological polar surface area (TPSA) is 72.2 Å². The number of thiocarbonyl (C=S) groups is 1. The Morgan fingerprint density at radius 3 is 2.19 bits per heavy atom. The van der Waals surface area contributed by atoms with Gasteiger partial charge < -0.3 is 5.73 Å². The van der Waals surface area contributed by atoms with Crippen LogP contribution in [-0.2, 0) is 15.8 Å². The Hall–Kier alpha value is -1.63. The lowest BCUT2D eigenvalue weighted by Crippen LogP contribution is -2.15. The predicted octanol–water partition coefficient (Wildman–Crippen LogP) is 2.92. The summed E-state index contributed by atoms with van der Waals surface area (Å²) in [6, 6.07) is 13.2. The molecule has 0 aliphatic rings. The van der Waals surface area contributed by atoms with E-state index in [4.69, 9.17) is 29.6 Å². The number of nitrogens with two attached hydrogens (primary N) is 1. The minimum absolute atomic E-state index is 0.132. The summed E-state index contributed by atoms with van der Waals surface area (Å²) in [5.41, 5.74) is 7.32. The van der Waals surface area contributed by atoms with Gasteiger partial charge in [0.25, 0.3) is 0 Å². The Morgan fingerprint density at radius 2 is 1.67 bits per heavy atom. The molecule has 7 heteroatoms. The normalized spacial score (nSPS) is 11.1. The highest BCUT2D eigenvalue weighted by Crippen LogP contribution is 2.16. The van der Waals surface area contributed by atoms with Crippen molar-refractivity contribution < 1.29 is 8.42 Å². The Bertz CT molecular complexity index is 742. The highest BCUT2D eigenvalue weighted by atomic mass is 35.5. The van der Waals surface area contributed by atoms with Gasteiger partial charge in [-0.15, -0.1) is 0 Å². The van der Waals surface area contributed by atoms with E-state index in [9.17, 15) is 8.42 Å². The summed E-state index contributed by atoms with van der Waals surface area (Å²) in [4.78, 5) is 0.281. The predicted molar refractivity (Wildman–Crippen MR) is 90.0 cm³/mol. The third kappa shape index (κ3) is 4.70. The minimum atomic E-state index is -3.49. The van der Waals surface area contributed by atoms with Crippen LogP contribution in [0.25, 0.3) is 0 Å². The minimum Gasteiger partial charge on any atom is -0.389 e. The molecule has 0 aromatic heterocycles. The second-order valence-corrected chi connectivity index (χ2v) is 7.03. The number of hydrogen-bond acceptors (Lipinski definition) is 3. The standard InChI is InChI=1S/C14H13ClN2O2S2/c15-12-5-7-13(8-6-12)17-21(18,19)9-10-1-3-11(4-2-10)14(16)20/h1-8,17H,9H2,(H2,16,20). The molecule has 3 N–H and O–H groups in total. The molecule has 0 bridgehead atoms. The fraction of sp³-hybridized carbons (Fsp3) is 0.0714. The molecular weight excluding hydrogens is 328 g/mol. The molecule has 2 aromatic rings. The molecule has 0 spiro atoms. The number of nitrogens with one attached hydrogen (secondary N) is 1. The van der Waals surface area contributed by atoms with Crippen LogP contribution < -0.4 is 10.5 Å². The number of hydrogen-bond donors (Lipinski definition) is 2. The summed E-state index contributed by atoms with van der Waals surface area (Å²) in [5, 5.41) is 0.547. The lowest BCUT2D eigenvalue weighted by atomic mass is 10.1. The van der Waals surface area contributed by atoms with Crippen LogP contribution in [0.15, 0.2) is 48.5 Å². The van der Waals surface area contributed by atoms with Crippen LogP contribution in [0.3, 0.4) is 0 Å². The van der Waals surface area contributed by atoms with Crippen LogP contribution in [0.5, 0.6) is 0 Å². The zero-order valence-electron chi connectivity index (χ0n) is 10.9. The summed E-state index contributed by atoms with van der Waals surface area (Å²) >= 11 is 10.6. The number of sulfonamides is 1. The molecule has 0 saturated carbocycles. The Labute approximate surface area is 134 Å². The van der Waals surface area contributed by atoms with Crippen molar-refractivity contribution in [3.8, 4) is 0 Å². The first kappa shape index (κ1) is 15.8. The molecule has 110 valence electrons. The van der Waals surface area contributed by atoms with Gasteiger partial charge in [0, 0.05) is 16.3 Å². The van der Waals surface area contributed by atoms with E-state index in [1.165, 1.54) is 0 Å². The lowest BCUT2D eigenvalue weighted by Gasteiger charge is -2.08. The van der Waals surface area contributed by atoms with Crippen molar-refractivity contribution in [3.05, 3.63) is 64.7 Å². The molecule has 0 fully saturated rings. The fourth-order valence-electron chi connectivity index (χ4n) is 1.72. The number of benzene rings is 2. The van der Waals surface area contributed by atoms with Gasteiger partial charge in [0.15, 0.2) is 0 Å². The van der Waals surface area contributed by atoms with Crippen molar-refractivity contribution in [3.63, 3.8) is 0 Å². The third-order valence-electron chi connectivity index (χ3n) is 2.71. The summed E-state index contributed by atoms with van der Waals surface area (Å²) < 4.78 is 26.7. The third-order valence-corrected chi connectivity index (χ3v) is 4.46. The van der Waals surface area contributed by atoms with E-state index in [0.29, 0.717) is 21.8 Å². The summed E-state index contributed by atoms with van der Waals surface area (Å²) in [5.74, 6) is -0.132. The number of anilines is 1. The average molecular weight is 341 g/mol. The van der Waals surface area contributed by atoms with Gasteiger partial charge in [-0.05, 0) is 29.8 Å². The Balaban J connectivity index is 2.10. The van der Waals surface area contributed by atoms with Crippen molar-refractivity contribution in [2.75, 3.05) is 4.72 Å². The highest BCUT2D eigenvalue weighted by molar-refractivity contribution is 7.91. The highest BCUT2D eigenvalue weighted by Gasteiger charge is 2.12. The lowest BCUT2D eigenvalue weighted by molar-refractivity contribution is 0.600. The molecule has 0 unspecified atom stereocenters. The van der Waals surface area contributed by atoms with Crippen molar-refractivity contribution >= 4 is 44.5 Å². The maximum absolute atomic E-state index is 12.1. The van der Waals surface area contributed by atoms with Gasteiger partial charge in [-0.25, -0.2) is 8.42 Å². The van der Waals surface area contributed by atoms with Crippen LogP contribution in [0.2, 0.25) is 5.02 Å². The van der Waals surface area contributed by atoms with Gasteiger partial charge in [0.1, 0.15) is 4.99 Å². The van der Waals surface area contributed by atoms with Crippen LogP contribution >= 0.6 is 23.8 Å². The van der Waals surface area contributed by atoms with Crippen molar-refractivity contribution in [1.82, 2.24) is 0 Å². The molecule has 2 aromatic carbocycles. The van der Waals surface area contributed by atoms with E-state index in [1.54, 1.807) is 48.5 Å². The molecule has 0 radical (unpaired) electrons. The molecular formula is C14H13ClN2O2S2. The second kappa shape index (κ2) is 6.43. The summed E-state index contributed by atoms with van der Waals surface area (Å²) in [6.45, 7) is 0. The van der Waals surface area contributed by atoms with Gasteiger partial charge in [0.05, 0.1) is 5.75 Å². The largest absolute Gasteiger partial charge is 0.389 e. The first-order chi connectivity index (χ1) is 9.85. The van der Waals surface area contributed by atoms with Crippen molar-refractivity contribution in [2.24, 2.45) is 5.73 Å². The number of halogens is 1. The molecule has 0 amide bonds. The monoisotopic (exact) mass is 340 g/mol. The zero-order chi connectivity index (χ0) is 15.5. The first-order valence-electron chi connectivity index (χ1n) is 6.00. The quantitative estimate of drug-likeness (QED) is 0.821. The molecule has 0 aliphatic carbocycles. The molecule has 0 aliphatic heterocycles. The van der Waals surface area contributed by atoms with Crippen LogP contribution in [0.4, 0.5) is 5.69 Å². The molecule has 0 saturated heterocycles. The molecule has 0 heterocycles. The molecule has 2 rings (SSSR count). The van der Waals surface area contributed by atoms with Crippen LogP contribution in [0.1, 0.15) is 11.1 Å². The van der Waals surface area contributed by atoms with E-state index in [0.717, 1.165) is 0 Å². The Kier molecular flexibility index (Phi) is 4.82. The van der Waals surface area contributed by atoms with Crippen molar-refractivity contribution in [2.45, 2.75) is 5.75 Å². The van der Waals surface area contributed by atoms with E-state index >= 15 is 0 Å². The Morgan fingerprint density at radius 1 is 1.10 bits per heavy atom. The first-order valence-corrected chi connectivity index (χ1v) is 8.44. The second-order valence-electron chi connectivity index (χ2n) is 4.43. The van der Waals surface area contributed by atoms with Gasteiger partial charge in [0.2, 0.25) is 10.0 Å². The average Bonchev–Trinajstić information content (AvgIpc) is 2.41. The van der Waals surface area contributed by atoms with Crippen LogP contribution in [-0.4, -0.2) is 13.4 Å². The molecule has 0 atom stereocenters. The van der Waals surface area contributed by atoms with Crippen molar-refractivity contribution in [1.29, 1.82) is 0 Å². The molecule has 21 heavy (non-hydrogen) atoms. The van der Waals surface area contributed by atoms with Gasteiger partial charge in [-0.2, -0.15) is 0 Å². The SMILES string of the molecule is NC(=S)c1ccc(CS(=O)(=O)Nc2ccc(Cl)cc2)cc1. The zero-order valence-corrected chi connectivity index (χ0v) is 13.3. The van der Waals surface area contributed by atoms with Crippen LogP contribution in [0, 0.1) is 0 Å². The van der Waals surface area contributed by atoms with E-state index < -0.39 is 10.0 Å². The smallest absolute Gasteiger partial charge is 0.236 e. The van der Waals surface area contributed by atoms with Gasteiger partial charge >= 0.3 is 0 Å². The fourth-order valence-corrected chi connectivity index (χ4v) is 3.18. The molecule has 4 nitrogen and oxygen atoms in total.